The van der Waals surface area contributed by atoms with Gasteiger partial charge in [0, 0.05) is 11.1 Å². The van der Waals surface area contributed by atoms with E-state index in [-0.39, 0.29) is 0 Å². The summed E-state index contributed by atoms with van der Waals surface area (Å²) in [6, 6.07) is 8.51. The standard InChI is InChI=1S/C20H22N2O/c1-11-7-8-17-18(15(11)5)21-22-19(17)20(23-6)16-9-12(2)14(4)13(3)10-16/h7-10H,1-6H3/b20-19-. The molecule has 2 aromatic carbocycles. The number of nitrogens with zero attached hydrogens (tertiary/aromatic N) is 2. The van der Waals surface area contributed by atoms with Crippen molar-refractivity contribution < 1.29 is 4.74 Å². The van der Waals surface area contributed by atoms with Gasteiger partial charge in [0.15, 0.2) is 5.76 Å². The molecule has 0 aromatic heterocycles. The van der Waals surface area contributed by atoms with E-state index in [1.54, 1.807) is 7.11 Å². The van der Waals surface area contributed by atoms with Crippen molar-refractivity contribution in [2.45, 2.75) is 34.6 Å². The second-order valence-corrected chi connectivity index (χ2v) is 6.22. The Kier molecular flexibility index (Phi) is 3.80. The molecule has 3 heteroatoms. The fraction of sp³-hybridized carbons (Fsp3) is 0.300. The predicted molar refractivity (Wildman–Crippen MR) is 94.9 cm³/mol. The summed E-state index contributed by atoms with van der Waals surface area (Å²) in [5.74, 6) is 0.780. The highest BCUT2D eigenvalue weighted by Crippen LogP contribution is 2.42. The van der Waals surface area contributed by atoms with Crippen molar-refractivity contribution in [3.8, 4) is 0 Å². The van der Waals surface area contributed by atoms with Crippen molar-refractivity contribution in [3.05, 3.63) is 63.2 Å². The van der Waals surface area contributed by atoms with Crippen molar-refractivity contribution >= 4 is 17.1 Å². The van der Waals surface area contributed by atoms with Gasteiger partial charge in [0.25, 0.3) is 0 Å². The van der Waals surface area contributed by atoms with Crippen LogP contribution in [0.5, 0.6) is 0 Å². The second-order valence-electron chi connectivity index (χ2n) is 6.22. The Morgan fingerprint density at radius 3 is 2.09 bits per heavy atom. The fourth-order valence-electron chi connectivity index (χ4n) is 2.96. The average molecular weight is 306 g/mol. The molecule has 0 atom stereocenters. The summed E-state index contributed by atoms with van der Waals surface area (Å²) in [7, 11) is 1.70. The van der Waals surface area contributed by atoms with Gasteiger partial charge in [-0.2, -0.15) is 0 Å². The van der Waals surface area contributed by atoms with Crippen LogP contribution in [0.4, 0.5) is 5.69 Å². The third-order valence-corrected chi connectivity index (χ3v) is 4.82. The van der Waals surface area contributed by atoms with Gasteiger partial charge < -0.3 is 4.74 Å². The summed E-state index contributed by atoms with van der Waals surface area (Å²) in [5, 5.41) is 8.80. The largest absolute Gasteiger partial charge is 0.494 e. The van der Waals surface area contributed by atoms with Crippen molar-refractivity contribution in [3.63, 3.8) is 0 Å². The van der Waals surface area contributed by atoms with Crippen LogP contribution >= 0.6 is 0 Å². The number of ether oxygens (including phenoxy) is 1. The highest BCUT2D eigenvalue weighted by atomic mass is 16.5. The summed E-state index contributed by atoms with van der Waals surface area (Å²) in [4.78, 5) is 0. The molecular weight excluding hydrogens is 284 g/mol. The zero-order valence-electron chi connectivity index (χ0n) is 14.6. The molecule has 3 rings (SSSR count). The van der Waals surface area contributed by atoms with Gasteiger partial charge in [0.1, 0.15) is 5.70 Å². The first kappa shape index (κ1) is 15.5. The monoisotopic (exact) mass is 306 g/mol. The average Bonchev–Trinajstić information content (AvgIpc) is 2.94. The number of methoxy groups -OCH3 is 1. The third kappa shape index (κ3) is 2.46. The van der Waals surface area contributed by atoms with Crippen LogP contribution in [0.25, 0.3) is 11.5 Å². The van der Waals surface area contributed by atoms with Crippen LogP contribution in [-0.4, -0.2) is 7.11 Å². The van der Waals surface area contributed by atoms with Crippen LogP contribution < -0.4 is 0 Å². The number of benzene rings is 2. The van der Waals surface area contributed by atoms with Gasteiger partial charge in [-0.25, -0.2) is 0 Å². The van der Waals surface area contributed by atoms with Gasteiger partial charge in [-0.15, -0.1) is 10.2 Å². The third-order valence-electron chi connectivity index (χ3n) is 4.82. The molecule has 1 aliphatic rings. The lowest BCUT2D eigenvalue weighted by atomic mass is 9.97. The maximum Gasteiger partial charge on any atom is 0.154 e. The summed E-state index contributed by atoms with van der Waals surface area (Å²) in [6.07, 6.45) is 0. The molecule has 0 N–H and O–H groups in total. The molecule has 0 fully saturated rings. The highest BCUT2D eigenvalue weighted by molar-refractivity contribution is 5.93. The fourth-order valence-corrected chi connectivity index (χ4v) is 2.96. The lowest BCUT2D eigenvalue weighted by Gasteiger charge is -2.13. The number of rotatable bonds is 2. The first-order valence-corrected chi connectivity index (χ1v) is 7.82. The maximum absolute atomic E-state index is 5.72. The minimum absolute atomic E-state index is 0.780. The van der Waals surface area contributed by atoms with E-state index >= 15 is 0 Å². The molecule has 2 aromatic rings. The molecule has 3 nitrogen and oxygen atoms in total. The highest BCUT2D eigenvalue weighted by Gasteiger charge is 2.22. The zero-order chi connectivity index (χ0) is 16.7. The van der Waals surface area contributed by atoms with Gasteiger partial charge in [0.05, 0.1) is 12.8 Å². The van der Waals surface area contributed by atoms with Crippen molar-refractivity contribution in [1.82, 2.24) is 0 Å². The van der Waals surface area contributed by atoms with Crippen molar-refractivity contribution in [1.29, 1.82) is 0 Å². The lowest BCUT2D eigenvalue weighted by Crippen LogP contribution is -1.96. The Balaban J connectivity index is 2.23. The summed E-state index contributed by atoms with van der Waals surface area (Å²) >= 11 is 0. The van der Waals surface area contributed by atoms with E-state index in [2.05, 4.69) is 69.1 Å². The first-order chi connectivity index (χ1) is 10.9. The molecule has 1 aliphatic heterocycles. The quantitative estimate of drug-likeness (QED) is 0.646. The predicted octanol–water partition coefficient (Wildman–Crippen LogP) is 5.80. The Morgan fingerprint density at radius 2 is 1.48 bits per heavy atom. The van der Waals surface area contributed by atoms with E-state index in [1.165, 1.54) is 27.8 Å². The van der Waals surface area contributed by atoms with E-state index in [1.807, 2.05) is 0 Å². The first-order valence-electron chi connectivity index (χ1n) is 7.82. The van der Waals surface area contributed by atoms with Crippen LogP contribution in [0.2, 0.25) is 0 Å². The van der Waals surface area contributed by atoms with E-state index in [0.29, 0.717) is 0 Å². The number of hydrogen-bond acceptors (Lipinski definition) is 3. The van der Waals surface area contributed by atoms with E-state index in [9.17, 15) is 0 Å². The SMILES string of the molecule is CO/C(=C1\N=Nc2c1ccc(C)c2C)c1cc(C)c(C)c(C)c1. The molecule has 118 valence electrons. The minimum Gasteiger partial charge on any atom is -0.494 e. The summed E-state index contributed by atoms with van der Waals surface area (Å²) < 4.78 is 5.72. The number of fused-ring (bicyclic) bond motifs is 1. The van der Waals surface area contributed by atoms with Gasteiger partial charge in [-0.3, -0.25) is 0 Å². The molecule has 0 bridgehead atoms. The molecular formula is C20H22N2O. The van der Waals surface area contributed by atoms with Crippen LogP contribution in [-0.2, 0) is 4.74 Å². The minimum atomic E-state index is 0.780. The van der Waals surface area contributed by atoms with Gasteiger partial charge >= 0.3 is 0 Å². The van der Waals surface area contributed by atoms with Crippen LogP contribution in [0.15, 0.2) is 34.5 Å². The van der Waals surface area contributed by atoms with Crippen molar-refractivity contribution in [2.24, 2.45) is 10.2 Å². The van der Waals surface area contributed by atoms with Crippen molar-refractivity contribution in [2.75, 3.05) is 7.11 Å². The van der Waals surface area contributed by atoms with Crippen LogP contribution in [0, 0.1) is 34.6 Å². The number of azo groups is 1. The number of aryl methyl sites for hydroxylation is 3. The van der Waals surface area contributed by atoms with Gasteiger partial charge in [-0.1, -0.05) is 12.1 Å². The van der Waals surface area contributed by atoms with Crippen LogP contribution in [0.1, 0.15) is 38.9 Å². The Bertz CT molecular complexity index is 837. The molecule has 0 radical (unpaired) electrons. The molecule has 0 saturated carbocycles. The summed E-state index contributed by atoms with van der Waals surface area (Å²) in [6.45, 7) is 10.6. The van der Waals surface area contributed by atoms with Crippen LogP contribution in [0.3, 0.4) is 0 Å². The molecule has 0 amide bonds. The lowest BCUT2D eigenvalue weighted by molar-refractivity contribution is 0.371. The number of hydrogen-bond donors (Lipinski definition) is 0. The summed E-state index contributed by atoms with van der Waals surface area (Å²) in [5.41, 5.74) is 10.1. The molecule has 0 unspecified atom stereocenters. The molecule has 0 saturated heterocycles. The van der Waals surface area contributed by atoms with E-state index < -0.39 is 0 Å². The Hall–Kier alpha value is -2.42. The Labute approximate surface area is 137 Å². The Morgan fingerprint density at radius 1 is 0.826 bits per heavy atom. The maximum atomic E-state index is 5.72. The zero-order valence-corrected chi connectivity index (χ0v) is 14.6. The normalized spacial score (nSPS) is 14.9. The van der Waals surface area contributed by atoms with E-state index in [4.69, 9.17) is 4.74 Å². The second kappa shape index (κ2) is 5.65. The molecule has 0 spiro atoms. The molecule has 0 aliphatic carbocycles. The molecule has 1 heterocycles. The topological polar surface area (TPSA) is 34.0 Å². The van der Waals surface area contributed by atoms with Gasteiger partial charge in [-0.05, 0) is 74.6 Å². The smallest absolute Gasteiger partial charge is 0.154 e. The van der Waals surface area contributed by atoms with E-state index in [0.717, 1.165) is 28.3 Å². The molecule has 23 heavy (non-hydrogen) atoms. The van der Waals surface area contributed by atoms with Gasteiger partial charge in [0.2, 0.25) is 0 Å².